The third kappa shape index (κ3) is 0.865. The minimum atomic E-state index is 0.216. The monoisotopic (exact) mass is 144 g/mol. The molecule has 2 rings (SSSR count). The topological polar surface area (TPSA) is 12.9 Å². The summed E-state index contributed by atoms with van der Waals surface area (Å²) in [5.74, 6) is 0. The van der Waals surface area contributed by atoms with Gasteiger partial charge in [-0.25, -0.2) is 0 Å². The minimum absolute atomic E-state index is 0.216. The summed E-state index contributed by atoms with van der Waals surface area (Å²) in [6.45, 7) is 0. The van der Waals surface area contributed by atoms with Gasteiger partial charge in [0.1, 0.15) is 0 Å². The van der Waals surface area contributed by atoms with Crippen LogP contribution in [-0.4, -0.2) is 14.1 Å². The second-order valence-corrected chi connectivity index (χ2v) is 3.37. The number of para-hydroxylation sites is 1. The molecule has 0 unspecified atom stereocenters. The van der Waals surface area contributed by atoms with Crippen molar-refractivity contribution in [1.29, 1.82) is 0 Å². The fraction of sp³-hybridized carbons (Fsp3) is 0. The fourth-order valence-corrected chi connectivity index (χ4v) is 1.82. The Labute approximate surface area is 61.5 Å². The molecule has 0 amide bonds. The predicted octanol–water partition coefficient (Wildman–Crippen LogP) is 1.11. The lowest BCUT2D eigenvalue weighted by atomic mass is 10.3. The first-order valence-corrected chi connectivity index (χ1v) is 4.33. The normalized spacial score (nSPS) is 10.0. The average Bonchev–Trinajstić information content (AvgIpc) is 2.05. The summed E-state index contributed by atoms with van der Waals surface area (Å²) in [5.41, 5.74) is 4.25. The summed E-state index contributed by atoms with van der Waals surface area (Å²) in [6.07, 6.45) is 1.78. The maximum atomic E-state index is 4.18. The Balaban J connectivity index is 2.89. The van der Waals surface area contributed by atoms with Crippen LogP contribution in [0.15, 0.2) is 30.5 Å². The summed E-state index contributed by atoms with van der Waals surface area (Å²) < 4.78 is 0. The Morgan fingerprint density at radius 2 is 2.20 bits per heavy atom. The molecule has 10 heavy (non-hydrogen) atoms. The van der Waals surface area contributed by atoms with E-state index in [2.05, 4.69) is 16.7 Å². The maximum absolute atomic E-state index is 4.18. The molecule has 1 aromatic heterocycles. The smallest absolute Gasteiger partial charge is 0.0655 e. The molecule has 0 bridgehead atoms. The molecule has 0 spiro atoms. The maximum Gasteiger partial charge on any atom is 0.0655 e. The van der Waals surface area contributed by atoms with Crippen molar-refractivity contribution in [2.24, 2.45) is 0 Å². The SMILES string of the molecule is [c]1cnc2ccccc2[siH]1. The Morgan fingerprint density at radius 3 is 3.10 bits per heavy atom. The van der Waals surface area contributed by atoms with Crippen LogP contribution in [-0.2, 0) is 0 Å². The lowest BCUT2D eigenvalue weighted by Crippen LogP contribution is -1.80. The molecule has 0 aliphatic carbocycles. The highest BCUT2D eigenvalue weighted by Crippen LogP contribution is 2.03. The second-order valence-electron chi connectivity index (χ2n) is 2.13. The van der Waals surface area contributed by atoms with E-state index in [1.54, 1.807) is 6.20 Å². The first-order chi connectivity index (χ1) is 4.97. The Bertz CT molecular complexity index is 280. The summed E-state index contributed by atoms with van der Waals surface area (Å²) in [6, 6.07) is 8.23. The van der Waals surface area contributed by atoms with E-state index in [0.717, 1.165) is 5.52 Å². The van der Waals surface area contributed by atoms with Gasteiger partial charge in [-0.1, -0.05) is 18.2 Å². The molecule has 1 radical (unpaired) electrons. The molecule has 0 atom stereocenters. The van der Waals surface area contributed by atoms with Crippen LogP contribution < -0.4 is 0 Å². The highest BCUT2D eigenvalue weighted by Gasteiger charge is 1.87. The molecular formula is C8H6NSi. The third-order valence-electron chi connectivity index (χ3n) is 1.45. The van der Waals surface area contributed by atoms with Gasteiger partial charge in [0.2, 0.25) is 0 Å². The van der Waals surface area contributed by atoms with E-state index in [-0.39, 0.29) is 9.12 Å². The van der Waals surface area contributed by atoms with Crippen LogP contribution in [0.3, 0.4) is 0 Å². The van der Waals surface area contributed by atoms with E-state index in [4.69, 9.17) is 0 Å². The van der Waals surface area contributed by atoms with Gasteiger partial charge < -0.3 is 0 Å². The molecule has 1 heterocycles. The number of hydrogen-bond donors (Lipinski definition) is 0. The van der Waals surface area contributed by atoms with Crippen molar-refractivity contribution in [3.05, 3.63) is 36.1 Å². The van der Waals surface area contributed by atoms with E-state index in [1.807, 2.05) is 18.2 Å². The molecule has 2 aromatic rings. The number of benzene rings is 1. The third-order valence-corrected chi connectivity index (χ3v) is 2.57. The average molecular weight is 144 g/mol. The van der Waals surface area contributed by atoms with Gasteiger partial charge in [-0.05, 0) is 16.7 Å². The lowest BCUT2D eigenvalue weighted by molar-refractivity contribution is 1.44. The zero-order chi connectivity index (χ0) is 6.81. The van der Waals surface area contributed by atoms with E-state index in [1.165, 1.54) is 5.00 Å². The molecular weight excluding hydrogens is 138 g/mol. The molecule has 0 saturated heterocycles. The molecule has 2 heteroatoms. The van der Waals surface area contributed by atoms with Crippen LogP contribution >= 0.6 is 0 Å². The van der Waals surface area contributed by atoms with Gasteiger partial charge in [0.05, 0.1) is 5.52 Å². The van der Waals surface area contributed by atoms with Crippen LogP contribution in [0.2, 0.25) is 0 Å². The summed E-state index contributed by atoms with van der Waals surface area (Å²) in [4.78, 5) is 5.53. The van der Waals surface area contributed by atoms with Crippen molar-refractivity contribution in [3.63, 3.8) is 0 Å². The van der Waals surface area contributed by atoms with E-state index < -0.39 is 0 Å². The highest BCUT2D eigenvalue weighted by molar-refractivity contribution is 6.44. The van der Waals surface area contributed by atoms with Gasteiger partial charge in [0, 0.05) is 15.3 Å². The van der Waals surface area contributed by atoms with Gasteiger partial charge in [0.15, 0.2) is 0 Å². The van der Waals surface area contributed by atoms with Crippen LogP contribution in [0.4, 0.5) is 0 Å². The van der Waals surface area contributed by atoms with E-state index in [0.29, 0.717) is 0 Å². The summed E-state index contributed by atoms with van der Waals surface area (Å²) in [7, 11) is 0.216. The van der Waals surface area contributed by atoms with Crippen molar-refractivity contribution in [1.82, 2.24) is 4.98 Å². The Kier molecular flexibility index (Phi) is 1.32. The summed E-state index contributed by atoms with van der Waals surface area (Å²) in [5, 5.41) is 0. The first kappa shape index (κ1) is 5.74. The van der Waals surface area contributed by atoms with Gasteiger partial charge in [-0.3, -0.25) is 4.98 Å². The molecule has 0 saturated carbocycles. The first-order valence-electron chi connectivity index (χ1n) is 3.18. The van der Waals surface area contributed by atoms with Gasteiger partial charge in [0.25, 0.3) is 0 Å². The zero-order valence-electron chi connectivity index (χ0n) is 5.41. The lowest BCUT2D eigenvalue weighted by Gasteiger charge is -1.91. The van der Waals surface area contributed by atoms with Gasteiger partial charge >= 0.3 is 0 Å². The molecule has 47 valence electrons. The Hall–Kier alpha value is -1.02. The second kappa shape index (κ2) is 2.31. The highest BCUT2D eigenvalue weighted by atomic mass is 28.2. The molecule has 0 fully saturated rings. The number of hydrogen-bond acceptors (Lipinski definition) is 1. The number of aromatic nitrogens is 1. The van der Waals surface area contributed by atoms with Crippen LogP contribution in [0, 0.1) is 5.68 Å². The minimum Gasteiger partial charge on any atom is -0.257 e. The Morgan fingerprint density at radius 1 is 1.30 bits per heavy atom. The molecule has 1 nitrogen and oxygen atoms in total. The fourth-order valence-electron chi connectivity index (χ4n) is 0.961. The quantitative estimate of drug-likeness (QED) is 0.505. The van der Waals surface area contributed by atoms with Crippen LogP contribution in [0.25, 0.3) is 10.5 Å². The molecule has 0 N–H and O–H groups in total. The largest absolute Gasteiger partial charge is 0.257 e. The van der Waals surface area contributed by atoms with Crippen molar-refractivity contribution in [2.45, 2.75) is 0 Å². The van der Waals surface area contributed by atoms with Crippen molar-refractivity contribution >= 4 is 19.6 Å². The zero-order valence-corrected chi connectivity index (χ0v) is 6.57. The van der Waals surface area contributed by atoms with Crippen molar-refractivity contribution < 1.29 is 0 Å². The summed E-state index contributed by atoms with van der Waals surface area (Å²) >= 11 is 0. The number of rotatable bonds is 0. The van der Waals surface area contributed by atoms with E-state index >= 15 is 0 Å². The van der Waals surface area contributed by atoms with Crippen LogP contribution in [0.1, 0.15) is 0 Å². The van der Waals surface area contributed by atoms with Crippen molar-refractivity contribution in [2.75, 3.05) is 0 Å². The van der Waals surface area contributed by atoms with E-state index in [9.17, 15) is 0 Å². The van der Waals surface area contributed by atoms with Gasteiger partial charge in [-0.15, -0.1) is 0 Å². The number of fused-ring (bicyclic) bond motifs is 1. The van der Waals surface area contributed by atoms with Crippen molar-refractivity contribution in [3.8, 4) is 0 Å². The molecule has 0 aliphatic rings. The van der Waals surface area contributed by atoms with Gasteiger partial charge in [-0.2, -0.15) is 0 Å². The molecule has 0 aliphatic heterocycles. The van der Waals surface area contributed by atoms with Crippen LogP contribution in [0.5, 0.6) is 0 Å². The standard InChI is InChI=1S/C8H6NSi/c1-2-4-8-7(3-1)9-5-6-10-8/h1-5,10H. The predicted molar refractivity (Wildman–Crippen MR) is 43.3 cm³/mol. The molecule has 1 aromatic carbocycles. The number of nitrogens with zero attached hydrogens (tertiary/aromatic N) is 1.